The van der Waals surface area contributed by atoms with Crippen LogP contribution in [-0.4, -0.2) is 36.4 Å². The molecule has 3 atom stereocenters. The van der Waals surface area contributed by atoms with Crippen molar-refractivity contribution in [1.82, 2.24) is 9.55 Å². The molecular formula is C22H29N3O2. The molecule has 5 nitrogen and oxygen atoms in total. The average molecular weight is 367 g/mol. The van der Waals surface area contributed by atoms with Crippen molar-refractivity contribution in [1.29, 1.82) is 0 Å². The number of allylic oxidation sites excluding steroid dienone is 2. The number of hydrogen-bond acceptors (Lipinski definition) is 4. The Hall–Kier alpha value is -2.27. The number of methoxy groups -OCH3 is 1. The molecule has 1 aromatic carbocycles. The second kappa shape index (κ2) is 8.17. The van der Waals surface area contributed by atoms with Crippen LogP contribution < -0.4 is 10.1 Å². The summed E-state index contributed by atoms with van der Waals surface area (Å²) in [6.45, 7) is 5.09. The molecule has 2 bridgehead atoms. The molecule has 144 valence electrons. The lowest BCUT2D eigenvalue weighted by atomic mass is 9.94. The summed E-state index contributed by atoms with van der Waals surface area (Å²) < 4.78 is 13.1. The highest BCUT2D eigenvalue weighted by Crippen LogP contribution is 2.43. The van der Waals surface area contributed by atoms with Crippen LogP contribution >= 0.6 is 0 Å². The highest BCUT2D eigenvalue weighted by atomic mass is 16.5. The topological polar surface area (TPSA) is 48.3 Å². The molecule has 0 unspecified atom stereocenters. The zero-order chi connectivity index (χ0) is 18.6. The maximum atomic E-state index is 5.56. The van der Waals surface area contributed by atoms with Crippen LogP contribution in [-0.2, 0) is 11.3 Å². The Kier molecular flexibility index (Phi) is 5.48. The van der Waals surface area contributed by atoms with Crippen molar-refractivity contribution in [3.05, 3.63) is 42.6 Å². The lowest BCUT2D eigenvalue weighted by molar-refractivity contribution is 0.188. The number of imidazole rings is 1. The van der Waals surface area contributed by atoms with E-state index in [-0.39, 0.29) is 0 Å². The second-order valence-corrected chi connectivity index (χ2v) is 7.49. The summed E-state index contributed by atoms with van der Waals surface area (Å²) in [7, 11) is 1.74. The van der Waals surface area contributed by atoms with E-state index in [9.17, 15) is 0 Å². The lowest BCUT2D eigenvalue weighted by Gasteiger charge is -2.20. The number of benzene rings is 1. The van der Waals surface area contributed by atoms with Crippen LogP contribution in [0.3, 0.4) is 0 Å². The van der Waals surface area contributed by atoms with Gasteiger partial charge in [0.05, 0.1) is 25.1 Å². The molecule has 0 aliphatic heterocycles. The molecule has 4 rings (SSSR count). The molecule has 0 saturated heterocycles. The number of rotatable bonds is 9. The van der Waals surface area contributed by atoms with Crippen LogP contribution in [0.4, 0.5) is 5.95 Å². The Morgan fingerprint density at radius 1 is 1.19 bits per heavy atom. The molecule has 27 heavy (non-hydrogen) atoms. The van der Waals surface area contributed by atoms with Gasteiger partial charge in [-0.05, 0) is 61.8 Å². The van der Waals surface area contributed by atoms with Gasteiger partial charge in [0, 0.05) is 25.8 Å². The molecule has 0 amide bonds. The molecule has 0 spiro atoms. The predicted octanol–water partition coefficient (Wildman–Crippen LogP) is 4.22. The van der Waals surface area contributed by atoms with Gasteiger partial charge in [0.15, 0.2) is 0 Å². The zero-order valence-electron chi connectivity index (χ0n) is 16.2. The smallest absolute Gasteiger partial charge is 0.203 e. The van der Waals surface area contributed by atoms with Gasteiger partial charge in [-0.25, -0.2) is 4.98 Å². The molecule has 1 N–H and O–H groups in total. The quantitative estimate of drug-likeness (QED) is 0.674. The minimum Gasteiger partial charge on any atom is -0.494 e. The number of fused-ring (bicyclic) bond motifs is 2. The highest BCUT2D eigenvalue weighted by Gasteiger charge is 2.35. The van der Waals surface area contributed by atoms with Gasteiger partial charge in [0.2, 0.25) is 5.95 Å². The first-order chi connectivity index (χ1) is 13.3. The fourth-order valence-corrected chi connectivity index (χ4v) is 4.40. The van der Waals surface area contributed by atoms with Crippen molar-refractivity contribution >= 4 is 5.95 Å². The first-order valence-electron chi connectivity index (χ1n) is 9.98. The van der Waals surface area contributed by atoms with Gasteiger partial charge in [-0.15, -0.1) is 0 Å². The first-order valence-corrected chi connectivity index (χ1v) is 9.98. The largest absolute Gasteiger partial charge is 0.494 e. The molecule has 0 radical (unpaired) electrons. The number of aromatic nitrogens is 2. The van der Waals surface area contributed by atoms with E-state index < -0.39 is 0 Å². The summed E-state index contributed by atoms with van der Waals surface area (Å²) in [6, 6.07) is 8.22. The minimum atomic E-state index is 0.659. The van der Waals surface area contributed by atoms with Crippen LogP contribution in [0.1, 0.15) is 19.8 Å². The molecule has 1 aromatic heterocycles. The van der Waals surface area contributed by atoms with Crippen molar-refractivity contribution < 1.29 is 9.47 Å². The molecular weight excluding hydrogens is 338 g/mol. The van der Waals surface area contributed by atoms with E-state index in [4.69, 9.17) is 9.47 Å². The summed E-state index contributed by atoms with van der Waals surface area (Å²) in [5.41, 5.74) is 2.24. The van der Waals surface area contributed by atoms with Crippen molar-refractivity contribution in [3.8, 4) is 17.0 Å². The number of nitrogens with one attached hydrogen (secondary N) is 1. The molecule has 1 heterocycles. The number of ether oxygens (including phenoxy) is 2. The van der Waals surface area contributed by atoms with Gasteiger partial charge in [-0.3, -0.25) is 0 Å². The van der Waals surface area contributed by atoms with Gasteiger partial charge in [0.25, 0.3) is 0 Å². The maximum absolute atomic E-state index is 5.56. The summed E-state index contributed by atoms with van der Waals surface area (Å²) in [5.74, 6) is 4.10. The van der Waals surface area contributed by atoms with E-state index in [0.29, 0.717) is 13.2 Å². The predicted molar refractivity (Wildman–Crippen MR) is 108 cm³/mol. The fraction of sp³-hybridized carbons (Fsp3) is 0.500. The Balaban J connectivity index is 1.50. The Labute approximate surface area is 161 Å². The summed E-state index contributed by atoms with van der Waals surface area (Å²) in [5, 5.41) is 3.61. The van der Waals surface area contributed by atoms with Gasteiger partial charge in [-0.2, -0.15) is 0 Å². The van der Waals surface area contributed by atoms with E-state index in [2.05, 4.69) is 39.2 Å². The zero-order valence-corrected chi connectivity index (χ0v) is 16.2. The van der Waals surface area contributed by atoms with Crippen LogP contribution in [0.2, 0.25) is 0 Å². The monoisotopic (exact) mass is 367 g/mol. The number of nitrogens with zero attached hydrogens (tertiary/aromatic N) is 2. The van der Waals surface area contributed by atoms with Gasteiger partial charge in [0.1, 0.15) is 5.75 Å². The normalized spacial score (nSPS) is 23.1. The van der Waals surface area contributed by atoms with Crippen LogP contribution in [0.15, 0.2) is 42.6 Å². The summed E-state index contributed by atoms with van der Waals surface area (Å²) in [6.07, 6.45) is 9.39. The molecule has 1 saturated carbocycles. The van der Waals surface area contributed by atoms with Crippen LogP contribution in [0, 0.1) is 17.8 Å². The summed E-state index contributed by atoms with van der Waals surface area (Å²) in [4.78, 5) is 4.67. The average Bonchev–Trinajstić information content (AvgIpc) is 3.41. The van der Waals surface area contributed by atoms with Gasteiger partial charge < -0.3 is 19.4 Å². The third kappa shape index (κ3) is 3.88. The molecule has 1 fully saturated rings. The fourth-order valence-electron chi connectivity index (χ4n) is 4.40. The third-order valence-electron chi connectivity index (χ3n) is 5.77. The second-order valence-electron chi connectivity index (χ2n) is 7.49. The molecule has 2 aliphatic rings. The van der Waals surface area contributed by atoms with Crippen LogP contribution in [0.25, 0.3) is 11.3 Å². The van der Waals surface area contributed by atoms with Crippen LogP contribution in [0.5, 0.6) is 5.75 Å². The summed E-state index contributed by atoms with van der Waals surface area (Å²) >= 11 is 0. The number of anilines is 1. The molecule has 5 heteroatoms. The Bertz CT molecular complexity index is 781. The lowest BCUT2D eigenvalue weighted by Crippen LogP contribution is -2.21. The van der Waals surface area contributed by atoms with E-state index in [0.717, 1.165) is 53.8 Å². The minimum absolute atomic E-state index is 0.659. The van der Waals surface area contributed by atoms with Crippen molar-refractivity contribution in [3.63, 3.8) is 0 Å². The standard InChI is InChI=1S/C22H29N3O2/c1-3-27-20-8-6-17(7-9-20)21-15-24-22(25(21)10-11-26-2)23-14-19-13-16-4-5-18(19)12-16/h4-9,15-16,18-19H,3,10-14H2,1-2H3,(H,23,24)/t16-,18+,19+/m1/s1. The molecule has 2 aromatic rings. The molecule has 2 aliphatic carbocycles. The SMILES string of the molecule is CCOc1ccc(-c2cnc(NC[C@@H]3C[C@@H]4C=C[C@H]3C4)n2CCOC)cc1. The third-order valence-corrected chi connectivity index (χ3v) is 5.77. The van der Waals surface area contributed by atoms with Crippen molar-refractivity contribution in [2.75, 3.05) is 32.2 Å². The van der Waals surface area contributed by atoms with Gasteiger partial charge >= 0.3 is 0 Å². The number of hydrogen-bond donors (Lipinski definition) is 1. The first kappa shape index (κ1) is 18.1. The van der Waals surface area contributed by atoms with E-state index in [1.165, 1.54) is 12.8 Å². The van der Waals surface area contributed by atoms with Crippen molar-refractivity contribution in [2.24, 2.45) is 17.8 Å². The van der Waals surface area contributed by atoms with Crippen molar-refractivity contribution in [2.45, 2.75) is 26.3 Å². The Morgan fingerprint density at radius 2 is 2.04 bits per heavy atom. The van der Waals surface area contributed by atoms with E-state index >= 15 is 0 Å². The maximum Gasteiger partial charge on any atom is 0.203 e. The van der Waals surface area contributed by atoms with Gasteiger partial charge in [-0.1, -0.05) is 12.2 Å². The highest BCUT2D eigenvalue weighted by molar-refractivity contribution is 5.62. The van der Waals surface area contributed by atoms with E-state index in [1.807, 2.05) is 25.3 Å². The van der Waals surface area contributed by atoms with E-state index in [1.54, 1.807) is 7.11 Å². The Morgan fingerprint density at radius 3 is 2.70 bits per heavy atom.